The van der Waals surface area contributed by atoms with Gasteiger partial charge in [-0.05, 0) is 48.6 Å². The molecule has 8 nitrogen and oxygen atoms in total. The van der Waals surface area contributed by atoms with Gasteiger partial charge in [0, 0.05) is 18.8 Å². The maximum absolute atomic E-state index is 12.5. The second-order valence-electron chi connectivity index (χ2n) is 6.46. The van der Waals surface area contributed by atoms with Gasteiger partial charge in [0.05, 0.1) is 17.6 Å². The van der Waals surface area contributed by atoms with Crippen LogP contribution in [-0.4, -0.2) is 44.3 Å². The number of carbonyl (C=O) groups is 2. The SMILES string of the molecule is N#Cc1ccc(NC(=O)COC(=O)C2CCN(S(=O)(=O)c3cccs3)CC2)cc1. The molecule has 2 heterocycles. The number of nitrogens with one attached hydrogen (secondary N) is 1. The van der Waals surface area contributed by atoms with Crippen LogP contribution in [0, 0.1) is 17.2 Å². The fraction of sp³-hybridized carbons (Fsp3) is 0.316. The van der Waals surface area contributed by atoms with Crippen LogP contribution in [0.2, 0.25) is 0 Å². The molecule has 10 heteroatoms. The molecule has 1 aromatic heterocycles. The van der Waals surface area contributed by atoms with E-state index < -0.39 is 34.4 Å². The summed E-state index contributed by atoms with van der Waals surface area (Å²) in [6, 6.07) is 11.5. The third kappa shape index (κ3) is 5.20. The van der Waals surface area contributed by atoms with E-state index in [-0.39, 0.29) is 17.3 Å². The first-order valence-electron chi connectivity index (χ1n) is 8.90. The van der Waals surface area contributed by atoms with Crippen LogP contribution in [0.5, 0.6) is 0 Å². The van der Waals surface area contributed by atoms with Crippen LogP contribution in [-0.2, 0) is 24.3 Å². The minimum absolute atomic E-state index is 0.234. The van der Waals surface area contributed by atoms with Crippen molar-refractivity contribution in [2.75, 3.05) is 25.0 Å². The second-order valence-corrected chi connectivity index (χ2v) is 9.57. The molecule has 1 N–H and O–H groups in total. The molecule has 1 saturated heterocycles. The van der Waals surface area contributed by atoms with Crippen LogP contribution >= 0.6 is 11.3 Å². The lowest BCUT2D eigenvalue weighted by Crippen LogP contribution is -2.40. The van der Waals surface area contributed by atoms with Crippen molar-refractivity contribution in [2.24, 2.45) is 5.92 Å². The molecule has 1 aromatic carbocycles. The van der Waals surface area contributed by atoms with Crippen molar-refractivity contribution in [1.82, 2.24) is 4.31 Å². The third-order valence-corrected chi connectivity index (χ3v) is 7.79. The van der Waals surface area contributed by atoms with E-state index in [9.17, 15) is 18.0 Å². The van der Waals surface area contributed by atoms with Crippen molar-refractivity contribution in [3.63, 3.8) is 0 Å². The van der Waals surface area contributed by atoms with E-state index >= 15 is 0 Å². The zero-order valence-corrected chi connectivity index (χ0v) is 17.0. The molecule has 0 aliphatic carbocycles. The first-order valence-corrected chi connectivity index (χ1v) is 11.2. The monoisotopic (exact) mass is 433 g/mol. The highest BCUT2D eigenvalue weighted by molar-refractivity contribution is 7.91. The number of ether oxygens (including phenoxy) is 1. The largest absolute Gasteiger partial charge is 0.455 e. The summed E-state index contributed by atoms with van der Waals surface area (Å²) in [4.78, 5) is 24.1. The number of nitrogens with zero attached hydrogens (tertiary/aromatic N) is 2. The number of sulfonamides is 1. The van der Waals surface area contributed by atoms with Crippen LogP contribution in [0.15, 0.2) is 46.0 Å². The number of carbonyl (C=O) groups excluding carboxylic acids is 2. The molecule has 0 atom stereocenters. The lowest BCUT2D eigenvalue weighted by molar-refractivity contribution is -0.152. The number of benzene rings is 1. The van der Waals surface area contributed by atoms with Crippen LogP contribution in [0.4, 0.5) is 5.69 Å². The number of rotatable bonds is 6. The number of piperidine rings is 1. The Balaban J connectivity index is 1.45. The van der Waals surface area contributed by atoms with Crippen molar-refractivity contribution in [3.8, 4) is 6.07 Å². The predicted octanol–water partition coefficient (Wildman–Crippen LogP) is 2.20. The summed E-state index contributed by atoms with van der Waals surface area (Å²) in [6.45, 7) is 0.0431. The van der Waals surface area contributed by atoms with Gasteiger partial charge >= 0.3 is 5.97 Å². The highest BCUT2D eigenvalue weighted by Gasteiger charge is 2.33. The Labute approximate surface area is 172 Å². The molecule has 0 spiro atoms. The summed E-state index contributed by atoms with van der Waals surface area (Å²) in [5.74, 6) is -1.43. The molecule has 0 bridgehead atoms. The molecule has 152 valence electrons. The first-order chi connectivity index (χ1) is 13.9. The Hall–Kier alpha value is -2.74. The van der Waals surface area contributed by atoms with Gasteiger partial charge in [0.2, 0.25) is 0 Å². The van der Waals surface area contributed by atoms with Crippen LogP contribution in [0.1, 0.15) is 18.4 Å². The van der Waals surface area contributed by atoms with E-state index in [1.807, 2.05) is 6.07 Å². The van der Waals surface area contributed by atoms with Crippen molar-refractivity contribution in [3.05, 3.63) is 47.3 Å². The Bertz CT molecular complexity index is 1000. The van der Waals surface area contributed by atoms with Crippen molar-refractivity contribution < 1.29 is 22.7 Å². The van der Waals surface area contributed by atoms with E-state index in [4.69, 9.17) is 10.00 Å². The van der Waals surface area contributed by atoms with Gasteiger partial charge in [-0.3, -0.25) is 9.59 Å². The Morgan fingerprint density at radius 1 is 1.21 bits per heavy atom. The van der Waals surface area contributed by atoms with Crippen LogP contribution < -0.4 is 5.32 Å². The van der Waals surface area contributed by atoms with Crippen molar-refractivity contribution >= 4 is 38.9 Å². The van der Waals surface area contributed by atoms with E-state index in [2.05, 4.69) is 5.32 Å². The number of esters is 1. The van der Waals surface area contributed by atoms with E-state index in [0.717, 1.165) is 11.3 Å². The molecule has 29 heavy (non-hydrogen) atoms. The Morgan fingerprint density at radius 3 is 2.48 bits per heavy atom. The second kappa shape index (κ2) is 9.17. The molecule has 1 aliphatic heterocycles. The van der Waals surface area contributed by atoms with E-state index in [1.54, 1.807) is 41.8 Å². The predicted molar refractivity (Wildman–Crippen MR) is 107 cm³/mol. The maximum Gasteiger partial charge on any atom is 0.309 e. The van der Waals surface area contributed by atoms with Gasteiger partial charge in [0.1, 0.15) is 4.21 Å². The summed E-state index contributed by atoms with van der Waals surface area (Å²) in [5.41, 5.74) is 0.971. The lowest BCUT2D eigenvalue weighted by atomic mass is 9.98. The number of amides is 1. The topological polar surface area (TPSA) is 117 Å². The van der Waals surface area contributed by atoms with Gasteiger partial charge in [0.25, 0.3) is 15.9 Å². The third-order valence-electron chi connectivity index (χ3n) is 4.52. The van der Waals surface area contributed by atoms with Gasteiger partial charge in [-0.2, -0.15) is 9.57 Å². The molecular formula is C19H19N3O5S2. The average molecular weight is 434 g/mol. The average Bonchev–Trinajstić information content (AvgIpc) is 3.28. The van der Waals surface area contributed by atoms with Gasteiger partial charge in [-0.1, -0.05) is 6.07 Å². The highest BCUT2D eigenvalue weighted by Crippen LogP contribution is 2.26. The summed E-state index contributed by atoms with van der Waals surface area (Å²) in [7, 11) is -3.52. The van der Waals surface area contributed by atoms with Gasteiger partial charge < -0.3 is 10.1 Å². The molecule has 2 aromatic rings. The summed E-state index contributed by atoms with van der Waals surface area (Å²) in [5, 5.41) is 13.0. The molecule has 1 amide bonds. The summed E-state index contributed by atoms with van der Waals surface area (Å²) in [6.07, 6.45) is 0.696. The highest BCUT2D eigenvalue weighted by atomic mass is 32.2. The molecule has 1 fully saturated rings. The van der Waals surface area contributed by atoms with Crippen LogP contribution in [0.25, 0.3) is 0 Å². The molecule has 0 saturated carbocycles. The molecule has 1 aliphatic rings. The van der Waals surface area contributed by atoms with Gasteiger partial charge in [0.15, 0.2) is 6.61 Å². The number of hydrogen-bond donors (Lipinski definition) is 1. The van der Waals surface area contributed by atoms with E-state index in [1.165, 1.54) is 4.31 Å². The maximum atomic E-state index is 12.5. The molecule has 0 unspecified atom stereocenters. The van der Waals surface area contributed by atoms with Crippen molar-refractivity contribution in [2.45, 2.75) is 17.1 Å². The molecule has 3 rings (SSSR count). The number of nitriles is 1. The standard InChI is InChI=1S/C19H19N3O5S2/c20-12-14-3-5-16(6-4-14)21-17(23)13-27-19(24)15-7-9-22(10-8-15)29(25,26)18-2-1-11-28-18/h1-6,11,15H,7-10,13H2,(H,21,23). The number of hydrogen-bond acceptors (Lipinski definition) is 7. The summed E-state index contributed by atoms with van der Waals surface area (Å²) < 4.78 is 31.8. The summed E-state index contributed by atoms with van der Waals surface area (Å²) >= 11 is 1.16. The Kier molecular flexibility index (Phi) is 6.64. The molecule has 0 radical (unpaired) electrons. The van der Waals surface area contributed by atoms with Gasteiger partial charge in [-0.25, -0.2) is 8.42 Å². The first kappa shape index (κ1) is 21.0. The number of thiophene rings is 1. The zero-order valence-electron chi connectivity index (χ0n) is 15.4. The Morgan fingerprint density at radius 2 is 1.90 bits per heavy atom. The molecular weight excluding hydrogens is 414 g/mol. The smallest absolute Gasteiger partial charge is 0.309 e. The zero-order chi connectivity index (χ0) is 20.9. The number of anilines is 1. The minimum atomic E-state index is -3.52. The van der Waals surface area contributed by atoms with Gasteiger partial charge in [-0.15, -0.1) is 11.3 Å². The van der Waals surface area contributed by atoms with Crippen LogP contribution in [0.3, 0.4) is 0 Å². The van der Waals surface area contributed by atoms with E-state index in [0.29, 0.717) is 24.1 Å². The quantitative estimate of drug-likeness (QED) is 0.698. The van der Waals surface area contributed by atoms with Crippen molar-refractivity contribution in [1.29, 1.82) is 5.26 Å². The lowest BCUT2D eigenvalue weighted by Gasteiger charge is -2.29. The normalized spacial score (nSPS) is 15.4. The minimum Gasteiger partial charge on any atom is -0.455 e. The fourth-order valence-electron chi connectivity index (χ4n) is 2.95. The fourth-order valence-corrected chi connectivity index (χ4v) is 5.56.